The molecule has 5 rings (SSSR count). The molecule has 2 N–H and O–H groups in total. The molecule has 0 spiro atoms. The Kier molecular flexibility index (Phi) is 4.75. The normalized spacial score (nSPS) is 15.4. The van der Waals surface area contributed by atoms with Crippen molar-refractivity contribution in [2.24, 2.45) is 0 Å². The average Bonchev–Trinajstić information content (AvgIpc) is 3.40. The van der Waals surface area contributed by atoms with Crippen molar-refractivity contribution in [2.45, 2.75) is 13.5 Å². The van der Waals surface area contributed by atoms with E-state index in [1.54, 1.807) is 0 Å². The maximum Gasteiger partial charge on any atom is 0.231 e. The maximum absolute atomic E-state index is 10.6. The molecular formula is C22H18BrN3O3S. The number of aliphatic hydroxyl groups is 1. The predicted octanol–water partition coefficient (Wildman–Crippen LogP) is 5.37. The summed E-state index contributed by atoms with van der Waals surface area (Å²) in [6, 6.07) is 13.7. The first kappa shape index (κ1) is 19.1. The van der Waals surface area contributed by atoms with E-state index in [0.717, 1.165) is 31.9 Å². The average molecular weight is 484 g/mol. The number of thiazole rings is 1. The summed E-state index contributed by atoms with van der Waals surface area (Å²) in [7, 11) is 0. The predicted molar refractivity (Wildman–Crippen MR) is 120 cm³/mol. The monoisotopic (exact) mass is 483 g/mol. The van der Waals surface area contributed by atoms with E-state index in [2.05, 4.69) is 15.9 Å². The van der Waals surface area contributed by atoms with E-state index in [1.807, 2.05) is 54.3 Å². The summed E-state index contributed by atoms with van der Waals surface area (Å²) >= 11 is 4.95. The Bertz CT molecular complexity index is 1190. The Morgan fingerprint density at radius 2 is 1.93 bits per heavy atom. The molecule has 0 unspecified atom stereocenters. The first-order valence-electron chi connectivity index (χ1n) is 9.38. The van der Waals surface area contributed by atoms with Gasteiger partial charge in [0.15, 0.2) is 11.5 Å². The van der Waals surface area contributed by atoms with Gasteiger partial charge < -0.3 is 19.5 Å². The SMILES string of the molecule is Cc1sc(C2=C(O)CN(Cc3ccc4c(c3)OCO4)C2=N)nc1-c1ccc(Br)cc1. The minimum atomic E-state index is 0.178. The molecular weight excluding hydrogens is 466 g/mol. The lowest BCUT2D eigenvalue weighted by atomic mass is 10.1. The molecule has 2 aliphatic rings. The van der Waals surface area contributed by atoms with Crippen molar-refractivity contribution in [2.75, 3.05) is 13.3 Å². The molecule has 6 nitrogen and oxygen atoms in total. The van der Waals surface area contributed by atoms with Gasteiger partial charge in [-0.3, -0.25) is 5.41 Å². The van der Waals surface area contributed by atoms with Crippen LogP contribution in [0.15, 0.2) is 52.7 Å². The molecule has 8 heteroatoms. The molecule has 0 saturated heterocycles. The van der Waals surface area contributed by atoms with Gasteiger partial charge in [0, 0.05) is 21.5 Å². The highest BCUT2D eigenvalue weighted by atomic mass is 79.9. The molecule has 0 atom stereocenters. The Hall–Kier alpha value is -2.84. The van der Waals surface area contributed by atoms with Gasteiger partial charge in [0.25, 0.3) is 0 Å². The molecule has 0 amide bonds. The van der Waals surface area contributed by atoms with Crippen molar-refractivity contribution in [3.63, 3.8) is 0 Å². The summed E-state index contributed by atoms with van der Waals surface area (Å²) in [6.07, 6.45) is 0. The zero-order valence-electron chi connectivity index (χ0n) is 16.1. The molecule has 0 fully saturated rings. The number of aromatic nitrogens is 1. The molecule has 1 aromatic heterocycles. The lowest BCUT2D eigenvalue weighted by molar-refractivity contribution is 0.174. The quantitative estimate of drug-likeness (QED) is 0.521. The Balaban J connectivity index is 1.39. The Morgan fingerprint density at radius 1 is 1.17 bits per heavy atom. The first-order valence-corrected chi connectivity index (χ1v) is 11.0. The van der Waals surface area contributed by atoms with Gasteiger partial charge in [-0.25, -0.2) is 4.98 Å². The third-order valence-corrected chi connectivity index (χ3v) is 6.64. The number of nitrogens with zero attached hydrogens (tertiary/aromatic N) is 2. The standard InChI is InChI=1S/C22H18BrN3O3S/c1-12-20(14-3-5-15(23)6-4-14)25-22(30-12)19-16(27)10-26(21(19)24)9-13-2-7-17-18(8-13)29-11-28-17/h2-8,24,27H,9-11H2,1H3. The minimum absolute atomic E-state index is 0.178. The number of halogens is 1. The number of rotatable bonds is 4. The fourth-order valence-electron chi connectivity index (χ4n) is 3.63. The van der Waals surface area contributed by atoms with E-state index in [9.17, 15) is 5.11 Å². The van der Waals surface area contributed by atoms with Crippen LogP contribution in [0.5, 0.6) is 11.5 Å². The highest BCUT2D eigenvalue weighted by Gasteiger charge is 2.31. The van der Waals surface area contributed by atoms with Gasteiger partial charge in [-0.15, -0.1) is 11.3 Å². The summed E-state index contributed by atoms with van der Waals surface area (Å²) in [4.78, 5) is 7.64. The number of aryl methyl sites for hydroxylation is 1. The molecule has 152 valence electrons. The van der Waals surface area contributed by atoms with Crippen LogP contribution in [-0.2, 0) is 6.54 Å². The first-order chi connectivity index (χ1) is 14.5. The van der Waals surface area contributed by atoms with E-state index >= 15 is 0 Å². The van der Waals surface area contributed by atoms with Crippen molar-refractivity contribution in [3.05, 3.63) is 68.1 Å². The number of aliphatic hydroxyl groups excluding tert-OH is 1. The highest BCUT2D eigenvalue weighted by molar-refractivity contribution is 9.10. The van der Waals surface area contributed by atoms with Crippen LogP contribution >= 0.6 is 27.3 Å². The second kappa shape index (κ2) is 7.45. The number of nitrogens with one attached hydrogen (secondary N) is 1. The van der Waals surface area contributed by atoms with Crippen molar-refractivity contribution in [1.82, 2.24) is 9.88 Å². The van der Waals surface area contributed by atoms with Gasteiger partial charge in [-0.1, -0.05) is 34.1 Å². The van der Waals surface area contributed by atoms with E-state index in [1.165, 1.54) is 11.3 Å². The summed E-state index contributed by atoms with van der Waals surface area (Å²) in [5, 5.41) is 20.0. The Labute approximate surface area is 186 Å². The van der Waals surface area contributed by atoms with Crippen molar-refractivity contribution >= 4 is 38.7 Å². The smallest absolute Gasteiger partial charge is 0.231 e. The van der Waals surface area contributed by atoms with E-state index in [4.69, 9.17) is 19.9 Å². The van der Waals surface area contributed by atoms with Crippen LogP contribution in [0.2, 0.25) is 0 Å². The van der Waals surface area contributed by atoms with Gasteiger partial charge in [0.1, 0.15) is 16.6 Å². The third-order valence-electron chi connectivity index (χ3n) is 5.12. The number of amidine groups is 1. The van der Waals surface area contributed by atoms with Gasteiger partial charge in [-0.05, 0) is 36.8 Å². The number of fused-ring (bicyclic) bond motifs is 1. The van der Waals surface area contributed by atoms with Gasteiger partial charge in [0.2, 0.25) is 6.79 Å². The van der Waals surface area contributed by atoms with E-state index in [-0.39, 0.29) is 24.9 Å². The maximum atomic E-state index is 10.6. The lowest BCUT2D eigenvalue weighted by Gasteiger charge is -2.18. The molecule has 3 aromatic rings. The Morgan fingerprint density at radius 3 is 2.73 bits per heavy atom. The molecule has 0 saturated carbocycles. The van der Waals surface area contributed by atoms with Gasteiger partial charge >= 0.3 is 0 Å². The fourth-order valence-corrected chi connectivity index (χ4v) is 4.90. The van der Waals surface area contributed by atoms with Crippen molar-refractivity contribution in [3.8, 4) is 22.8 Å². The topological polar surface area (TPSA) is 78.7 Å². The van der Waals surface area contributed by atoms with Crippen LogP contribution in [-0.4, -0.2) is 34.2 Å². The molecule has 0 bridgehead atoms. The van der Waals surface area contributed by atoms with Crippen LogP contribution in [0.1, 0.15) is 15.4 Å². The molecule has 2 aliphatic heterocycles. The number of ether oxygens (including phenoxy) is 2. The van der Waals surface area contributed by atoms with Crippen molar-refractivity contribution in [1.29, 1.82) is 5.41 Å². The third kappa shape index (κ3) is 3.36. The van der Waals surface area contributed by atoms with Gasteiger partial charge in [-0.2, -0.15) is 0 Å². The zero-order chi connectivity index (χ0) is 20.8. The lowest BCUT2D eigenvalue weighted by Crippen LogP contribution is -2.26. The largest absolute Gasteiger partial charge is 0.510 e. The number of hydrogen-bond donors (Lipinski definition) is 2. The second-order valence-electron chi connectivity index (χ2n) is 7.14. The van der Waals surface area contributed by atoms with Crippen LogP contribution in [0, 0.1) is 12.3 Å². The van der Waals surface area contributed by atoms with Crippen LogP contribution in [0.3, 0.4) is 0 Å². The summed E-state index contributed by atoms with van der Waals surface area (Å²) in [5.41, 5.74) is 3.39. The molecule has 3 heterocycles. The van der Waals surface area contributed by atoms with Crippen LogP contribution < -0.4 is 9.47 Å². The number of hydrogen-bond acceptors (Lipinski definition) is 6. The minimum Gasteiger partial charge on any atom is -0.510 e. The number of benzene rings is 2. The highest BCUT2D eigenvalue weighted by Crippen LogP contribution is 2.37. The summed E-state index contributed by atoms with van der Waals surface area (Å²) in [5.74, 6) is 1.90. The zero-order valence-corrected chi connectivity index (χ0v) is 18.5. The van der Waals surface area contributed by atoms with Crippen LogP contribution in [0.4, 0.5) is 0 Å². The molecule has 30 heavy (non-hydrogen) atoms. The molecule has 0 radical (unpaired) electrons. The van der Waals surface area contributed by atoms with E-state index < -0.39 is 0 Å². The fraction of sp³-hybridized carbons (Fsp3) is 0.182. The second-order valence-corrected chi connectivity index (χ2v) is 9.26. The molecule has 0 aliphatic carbocycles. The van der Waals surface area contributed by atoms with Crippen LogP contribution in [0.25, 0.3) is 16.8 Å². The van der Waals surface area contributed by atoms with Crippen molar-refractivity contribution < 1.29 is 14.6 Å². The molecule has 2 aromatic carbocycles. The summed E-state index contributed by atoms with van der Waals surface area (Å²) < 4.78 is 11.8. The van der Waals surface area contributed by atoms with Gasteiger partial charge in [0.05, 0.1) is 17.8 Å². The van der Waals surface area contributed by atoms with E-state index in [0.29, 0.717) is 22.9 Å². The summed E-state index contributed by atoms with van der Waals surface area (Å²) in [6.45, 7) is 3.02.